The van der Waals surface area contributed by atoms with Crippen LogP contribution in [0.15, 0.2) is 64.1 Å². The number of halogens is 2. The molecule has 12 heteroatoms. The second-order valence-corrected chi connectivity index (χ2v) is 12.2. The molecule has 1 aliphatic heterocycles. The summed E-state index contributed by atoms with van der Waals surface area (Å²) in [5.41, 5.74) is 2.18. The molecule has 0 radical (unpaired) electrons. The lowest BCUT2D eigenvalue weighted by atomic mass is 10.00. The molecule has 5 rings (SSSR count). The Bertz CT molecular complexity index is 1580. The average Bonchev–Trinajstić information content (AvgIpc) is 3.32. The van der Waals surface area contributed by atoms with E-state index in [2.05, 4.69) is 26.3 Å². The minimum atomic E-state index is -3.78. The number of fused-ring (bicyclic) bond motifs is 1. The van der Waals surface area contributed by atoms with Gasteiger partial charge in [0.25, 0.3) is 0 Å². The molecule has 0 bridgehead atoms. The molecule has 1 atom stereocenters. The van der Waals surface area contributed by atoms with Crippen LogP contribution in [0, 0.1) is 5.92 Å². The zero-order valence-electron chi connectivity index (χ0n) is 20.9. The van der Waals surface area contributed by atoms with Crippen LogP contribution in [0.5, 0.6) is 11.5 Å². The Morgan fingerprint density at radius 3 is 2.74 bits per heavy atom. The van der Waals surface area contributed by atoms with Gasteiger partial charge < -0.3 is 14.8 Å². The van der Waals surface area contributed by atoms with E-state index in [0.717, 1.165) is 28.7 Å². The second kappa shape index (κ2) is 11.1. The molecule has 9 nitrogen and oxygen atoms in total. The average molecular weight is 621 g/mol. The van der Waals surface area contributed by atoms with Crippen LogP contribution >= 0.6 is 27.5 Å². The van der Waals surface area contributed by atoms with E-state index >= 15 is 0 Å². The second-order valence-electron chi connectivity index (χ2n) is 9.00. The Kier molecular flexibility index (Phi) is 7.80. The lowest BCUT2D eigenvalue weighted by Crippen LogP contribution is -2.42. The van der Waals surface area contributed by atoms with Crippen LogP contribution in [0.4, 0.5) is 5.82 Å². The van der Waals surface area contributed by atoms with Crippen LogP contribution < -0.4 is 14.8 Å². The van der Waals surface area contributed by atoms with E-state index in [1.165, 1.54) is 24.6 Å². The Morgan fingerprint density at radius 1 is 1.16 bits per heavy atom. The number of hydrogen-bond acceptors (Lipinski definition) is 7. The highest BCUT2D eigenvalue weighted by Gasteiger charge is 2.33. The molecular formula is C26H27BrClN5O4S. The zero-order chi connectivity index (χ0) is 26.9. The highest BCUT2D eigenvalue weighted by molar-refractivity contribution is 9.10. The van der Waals surface area contributed by atoms with Gasteiger partial charge in [-0.15, -0.1) is 0 Å². The molecule has 3 heterocycles. The predicted molar refractivity (Wildman–Crippen MR) is 151 cm³/mol. The fourth-order valence-corrected chi connectivity index (χ4v) is 6.96. The lowest BCUT2D eigenvalue weighted by Gasteiger charge is -2.32. The summed E-state index contributed by atoms with van der Waals surface area (Å²) in [6, 6.07) is 14.3. The molecule has 0 saturated carbocycles. The standard InChI is InChI=1S/C26H27BrClN5O4S/c1-36-18-9-10-23(37-2)24(12-18)38(34,35)32-11-5-6-17(16-32)14-29-25-13-22(19-7-3-4-8-21(19)28)31-26-20(27)15-30-33(25)26/h3-4,7-10,12-13,15,17,29H,5-6,11,14,16H2,1-2H3. The van der Waals surface area contributed by atoms with Gasteiger partial charge in [-0.3, -0.25) is 0 Å². The van der Waals surface area contributed by atoms with E-state index < -0.39 is 10.0 Å². The van der Waals surface area contributed by atoms with Gasteiger partial charge in [-0.2, -0.15) is 13.9 Å². The largest absolute Gasteiger partial charge is 0.497 e. The number of benzene rings is 2. The van der Waals surface area contributed by atoms with Crippen LogP contribution in [-0.4, -0.2) is 61.2 Å². The first kappa shape index (κ1) is 26.7. The highest BCUT2D eigenvalue weighted by atomic mass is 79.9. The molecule has 0 spiro atoms. The molecule has 1 N–H and O–H groups in total. The third-order valence-electron chi connectivity index (χ3n) is 6.62. The predicted octanol–water partition coefficient (Wildman–Crippen LogP) is 5.34. The number of nitrogens with zero attached hydrogens (tertiary/aromatic N) is 4. The summed E-state index contributed by atoms with van der Waals surface area (Å²) in [5.74, 6) is 1.58. The molecule has 200 valence electrons. The van der Waals surface area contributed by atoms with Crippen molar-refractivity contribution in [1.82, 2.24) is 18.9 Å². The first-order valence-electron chi connectivity index (χ1n) is 12.1. The lowest BCUT2D eigenvalue weighted by molar-refractivity contribution is 0.274. The van der Waals surface area contributed by atoms with Crippen LogP contribution in [0.25, 0.3) is 16.9 Å². The van der Waals surface area contributed by atoms with E-state index in [9.17, 15) is 8.42 Å². The molecule has 2 aromatic carbocycles. The molecule has 1 saturated heterocycles. The topological polar surface area (TPSA) is 98.1 Å². The maximum Gasteiger partial charge on any atom is 0.246 e. The summed E-state index contributed by atoms with van der Waals surface area (Å²) < 4.78 is 41.8. The van der Waals surface area contributed by atoms with E-state index in [-0.39, 0.29) is 10.8 Å². The van der Waals surface area contributed by atoms with E-state index in [0.29, 0.717) is 47.5 Å². The summed E-state index contributed by atoms with van der Waals surface area (Å²) >= 11 is 9.98. The number of sulfonamides is 1. The Labute approximate surface area is 234 Å². The van der Waals surface area contributed by atoms with Crippen molar-refractivity contribution in [2.75, 3.05) is 39.2 Å². The SMILES string of the molecule is COc1ccc(OC)c(S(=O)(=O)N2CCCC(CNc3cc(-c4ccccc4Cl)nc4c(Br)cnn34)C2)c1. The number of aromatic nitrogens is 3. The van der Waals surface area contributed by atoms with Gasteiger partial charge in [0.2, 0.25) is 10.0 Å². The van der Waals surface area contributed by atoms with Crippen molar-refractivity contribution in [2.45, 2.75) is 17.7 Å². The monoisotopic (exact) mass is 619 g/mol. The number of piperidine rings is 1. The normalized spacial score (nSPS) is 16.5. The zero-order valence-corrected chi connectivity index (χ0v) is 24.1. The summed E-state index contributed by atoms with van der Waals surface area (Å²) in [5, 5.41) is 8.54. The van der Waals surface area contributed by atoms with Crippen LogP contribution in [0.3, 0.4) is 0 Å². The Balaban J connectivity index is 1.38. The van der Waals surface area contributed by atoms with Crippen molar-refractivity contribution in [3.05, 3.63) is 64.2 Å². The molecule has 1 aliphatic rings. The number of nitrogens with one attached hydrogen (secondary N) is 1. The fourth-order valence-electron chi connectivity index (χ4n) is 4.65. The molecule has 2 aromatic heterocycles. The maximum atomic E-state index is 13.6. The maximum absolute atomic E-state index is 13.6. The summed E-state index contributed by atoms with van der Waals surface area (Å²) in [6.07, 6.45) is 3.34. The van der Waals surface area contributed by atoms with E-state index in [4.69, 9.17) is 26.1 Å². The van der Waals surface area contributed by atoms with Crippen LogP contribution in [0.1, 0.15) is 12.8 Å². The third-order valence-corrected chi connectivity index (χ3v) is 9.40. The molecule has 38 heavy (non-hydrogen) atoms. The summed E-state index contributed by atoms with van der Waals surface area (Å²) in [4.78, 5) is 4.86. The van der Waals surface area contributed by atoms with Gasteiger partial charge in [-0.1, -0.05) is 29.8 Å². The van der Waals surface area contributed by atoms with Gasteiger partial charge in [0.05, 0.1) is 30.6 Å². The van der Waals surface area contributed by atoms with E-state index in [1.807, 2.05) is 30.3 Å². The van der Waals surface area contributed by atoms with Gasteiger partial charge >= 0.3 is 0 Å². The molecule has 1 unspecified atom stereocenters. The summed E-state index contributed by atoms with van der Waals surface area (Å²) in [6.45, 7) is 1.38. The van der Waals surface area contributed by atoms with Crippen LogP contribution in [-0.2, 0) is 10.0 Å². The number of methoxy groups -OCH3 is 2. The number of ether oxygens (including phenoxy) is 2. The molecule has 4 aromatic rings. The van der Waals surface area contributed by atoms with Gasteiger partial charge in [-0.05, 0) is 52.9 Å². The van der Waals surface area contributed by atoms with Crippen molar-refractivity contribution in [1.29, 1.82) is 0 Å². The van der Waals surface area contributed by atoms with Gasteiger partial charge in [0.15, 0.2) is 5.65 Å². The fraction of sp³-hybridized carbons (Fsp3) is 0.308. The first-order chi connectivity index (χ1) is 18.3. The number of anilines is 1. The molecule has 1 fully saturated rings. The van der Waals surface area contributed by atoms with Crippen LogP contribution in [0.2, 0.25) is 5.02 Å². The van der Waals surface area contributed by atoms with Crippen molar-refractivity contribution < 1.29 is 17.9 Å². The molecule has 0 amide bonds. The van der Waals surface area contributed by atoms with Crippen molar-refractivity contribution >= 4 is 49.0 Å². The van der Waals surface area contributed by atoms with Crippen molar-refractivity contribution in [2.24, 2.45) is 5.92 Å². The van der Waals surface area contributed by atoms with Crippen molar-refractivity contribution in [3.8, 4) is 22.8 Å². The van der Waals surface area contributed by atoms with Gasteiger partial charge in [0.1, 0.15) is 22.2 Å². The molecular weight excluding hydrogens is 594 g/mol. The Morgan fingerprint density at radius 2 is 1.97 bits per heavy atom. The third kappa shape index (κ3) is 5.20. The molecule has 0 aliphatic carbocycles. The van der Waals surface area contributed by atoms with Crippen molar-refractivity contribution in [3.63, 3.8) is 0 Å². The first-order valence-corrected chi connectivity index (χ1v) is 14.7. The smallest absolute Gasteiger partial charge is 0.246 e. The minimum absolute atomic E-state index is 0.0844. The van der Waals surface area contributed by atoms with Gasteiger partial charge in [0, 0.05) is 42.4 Å². The van der Waals surface area contributed by atoms with E-state index in [1.54, 1.807) is 22.8 Å². The quantitative estimate of drug-likeness (QED) is 0.284. The minimum Gasteiger partial charge on any atom is -0.497 e. The highest BCUT2D eigenvalue weighted by Crippen LogP contribution is 2.34. The Hall–Kier alpha value is -2.86. The number of hydrogen-bond donors (Lipinski definition) is 1. The summed E-state index contributed by atoms with van der Waals surface area (Å²) in [7, 11) is -0.812. The number of rotatable bonds is 8. The van der Waals surface area contributed by atoms with Gasteiger partial charge in [-0.25, -0.2) is 13.4 Å².